The molecule has 1 aromatic carbocycles. The minimum atomic E-state index is -4.35. The van der Waals surface area contributed by atoms with Gasteiger partial charge in [0, 0.05) is 64.1 Å². The summed E-state index contributed by atoms with van der Waals surface area (Å²) in [6.07, 6.45) is -2.39. The number of alkyl halides is 3. The van der Waals surface area contributed by atoms with Crippen molar-refractivity contribution >= 4 is 5.91 Å². The molecular weight excluding hydrogens is 409 g/mol. The number of ether oxygens (including phenoxy) is 1. The standard InChI is InChI=1S/C22H29F3N4O2/c1-15(12-16-6-4-7-17(13-16)22(23,24)25)29-10-8-19-18(14-29)20(27-28(19)2)21(30)26-9-5-11-31-3/h4,6-7,13,15H,5,8-12,14H2,1-3H3,(H,26,30)/t15-/m0/s1. The Morgan fingerprint density at radius 2 is 2.13 bits per heavy atom. The van der Waals surface area contributed by atoms with Crippen molar-refractivity contribution in [1.82, 2.24) is 20.0 Å². The predicted octanol–water partition coefficient (Wildman–Crippen LogP) is 3.19. The van der Waals surface area contributed by atoms with Crippen molar-refractivity contribution in [2.24, 2.45) is 7.05 Å². The highest BCUT2D eigenvalue weighted by molar-refractivity contribution is 5.94. The molecular formula is C22H29F3N4O2. The lowest BCUT2D eigenvalue weighted by Crippen LogP contribution is -2.39. The van der Waals surface area contributed by atoms with Crippen LogP contribution in [0.4, 0.5) is 13.2 Å². The molecule has 0 spiro atoms. The van der Waals surface area contributed by atoms with E-state index in [2.05, 4.69) is 15.3 Å². The quantitative estimate of drug-likeness (QED) is 0.643. The fraction of sp³-hybridized carbons (Fsp3) is 0.545. The van der Waals surface area contributed by atoms with Crippen LogP contribution >= 0.6 is 0 Å². The van der Waals surface area contributed by atoms with Gasteiger partial charge in [0.2, 0.25) is 0 Å². The van der Waals surface area contributed by atoms with Crippen LogP contribution < -0.4 is 5.32 Å². The van der Waals surface area contributed by atoms with Crippen LogP contribution in [0.5, 0.6) is 0 Å². The molecule has 2 heterocycles. The van der Waals surface area contributed by atoms with Crippen molar-refractivity contribution in [3.63, 3.8) is 0 Å². The molecule has 1 atom stereocenters. The molecule has 9 heteroatoms. The van der Waals surface area contributed by atoms with E-state index in [1.54, 1.807) is 17.9 Å². The molecule has 1 N–H and O–H groups in total. The lowest BCUT2D eigenvalue weighted by atomic mass is 9.99. The number of aromatic nitrogens is 2. The number of amides is 1. The van der Waals surface area contributed by atoms with Crippen molar-refractivity contribution in [2.75, 3.05) is 26.8 Å². The van der Waals surface area contributed by atoms with E-state index in [9.17, 15) is 18.0 Å². The van der Waals surface area contributed by atoms with Crippen LogP contribution in [0.3, 0.4) is 0 Å². The van der Waals surface area contributed by atoms with Gasteiger partial charge in [0.05, 0.1) is 5.56 Å². The molecule has 0 saturated carbocycles. The second-order valence-electron chi connectivity index (χ2n) is 7.97. The molecule has 2 aromatic rings. The highest BCUT2D eigenvalue weighted by atomic mass is 19.4. The molecule has 1 aliphatic rings. The Kier molecular flexibility index (Phi) is 7.38. The monoisotopic (exact) mass is 438 g/mol. The summed E-state index contributed by atoms with van der Waals surface area (Å²) < 4.78 is 45.8. The van der Waals surface area contributed by atoms with E-state index in [0.29, 0.717) is 37.4 Å². The summed E-state index contributed by atoms with van der Waals surface area (Å²) in [5.41, 5.74) is 2.37. The number of methoxy groups -OCH3 is 1. The van der Waals surface area contributed by atoms with E-state index in [1.807, 2.05) is 14.0 Å². The molecule has 0 saturated heterocycles. The molecule has 0 radical (unpaired) electrons. The Morgan fingerprint density at radius 3 is 2.84 bits per heavy atom. The van der Waals surface area contributed by atoms with Gasteiger partial charge < -0.3 is 10.1 Å². The Labute approximate surface area is 180 Å². The first-order valence-corrected chi connectivity index (χ1v) is 10.4. The second kappa shape index (κ2) is 9.82. The van der Waals surface area contributed by atoms with Gasteiger partial charge in [-0.3, -0.25) is 14.4 Å². The van der Waals surface area contributed by atoms with Gasteiger partial charge in [-0.15, -0.1) is 0 Å². The fourth-order valence-electron chi connectivity index (χ4n) is 4.02. The van der Waals surface area contributed by atoms with Gasteiger partial charge in [-0.05, 0) is 31.4 Å². The van der Waals surface area contributed by atoms with Gasteiger partial charge in [-0.1, -0.05) is 18.2 Å². The second-order valence-corrected chi connectivity index (χ2v) is 7.97. The highest BCUT2D eigenvalue weighted by Gasteiger charge is 2.31. The number of nitrogens with zero attached hydrogens (tertiary/aromatic N) is 3. The third-order valence-electron chi connectivity index (χ3n) is 5.71. The van der Waals surface area contributed by atoms with E-state index in [-0.39, 0.29) is 11.9 Å². The summed E-state index contributed by atoms with van der Waals surface area (Å²) in [5, 5.41) is 7.31. The average molecular weight is 438 g/mol. The van der Waals surface area contributed by atoms with E-state index < -0.39 is 11.7 Å². The van der Waals surface area contributed by atoms with Crippen LogP contribution in [0.1, 0.15) is 46.2 Å². The summed E-state index contributed by atoms with van der Waals surface area (Å²) in [7, 11) is 3.45. The summed E-state index contributed by atoms with van der Waals surface area (Å²) in [6, 6.07) is 5.51. The Bertz CT molecular complexity index is 911. The van der Waals surface area contributed by atoms with Crippen molar-refractivity contribution in [3.05, 3.63) is 52.3 Å². The molecule has 0 fully saturated rings. The van der Waals surface area contributed by atoms with Crippen molar-refractivity contribution in [1.29, 1.82) is 0 Å². The number of nitrogens with one attached hydrogen (secondary N) is 1. The summed E-state index contributed by atoms with van der Waals surface area (Å²) in [5.74, 6) is -0.208. The van der Waals surface area contributed by atoms with E-state index in [4.69, 9.17) is 4.74 Å². The number of rotatable bonds is 8. The molecule has 0 bridgehead atoms. The van der Waals surface area contributed by atoms with Crippen LogP contribution in [0.15, 0.2) is 24.3 Å². The lowest BCUT2D eigenvalue weighted by Gasteiger charge is -2.33. The molecule has 3 rings (SSSR count). The number of hydrogen-bond donors (Lipinski definition) is 1. The number of aryl methyl sites for hydroxylation is 1. The fourth-order valence-corrected chi connectivity index (χ4v) is 4.02. The Balaban J connectivity index is 1.69. The van der Waals surface area contributed by atoms with Crippen molar-refractivity contribution in [2.45, 2.75) is 44.9 Å². The molecule has 0 aliphatic carbocycles. The maximum atomic E-state index is 13.0. The SMILES string of the molecule is COCCCNC(=O)c1nn(C)c2c1CN([C@@H](C)Cc1cccc(C(F)(F)F)c1)CC2. The third kappa shape index (κ3) is 5.65. The van der Waals surface area contributed by atoms with E-state index >= 15 is 0 Å². The summed E-state index contributed by atoms with van der Waals surface area (Å²) in [4.78, 5) is 14.8. The number of carbonyl (C=O) groups is 1. The topological polar surface area (TPSA) is 59.4 Å². The first kappa shape index (κ1) is 23.3. The molecule has 1 aromatic heterocycles. The molecule has 6 nitrogen and oxygen atoms in total. The van der Waals surface area contributed by atoms with Crippen LogP contribution in [0.25, 0.3) is 0 Å². The minimum absolute atomic E-state index is 0.0226. The number of fused-ring (bicyclic) bond motifs is 1. The van der Waals surface area contributed by atoms with E-state index in [0.717, 1.165) is 36.7 Å². The van der Waals surface area contributed by atoms with Crippen molar-refractivity contribution < 1.29 is 22.7 Å². The van der Waals surface area contributed by atoms with Crippen molar-refractivity contribution in [3.8, 4) is 0 Å². The highest BCUT2D eigenvalue weighted by Crippen LogP contribution is 2.30. The van der Waals surface area contributed by atoms with Crippen LogP contribution in [-0.4, -0.2) is 53.4 Å². The predicted molar refractivity (Wildman–Crippen MR) is 111 cm³/mol. The number of hydrogen-bond acceptors (Lipinski definition) is 4. The van der Waals surface area contributed by atoms with Crippen LogP contribution in [0, 0.1) is 0 Å². The van der Waals surface area contributed by atoms with E-state index in [1.165, 1.54) is 12.1 Å². The number of carbonyl (C=O) groups excluding carboxylic acids is 1. The molecule has 1 amide bonds. The maximum Gasteiger partial charge on any atom is 0.416 e. The van der Waals surface area contributed by atoms with Gasteiger partial charge in [0.25, 0.3) is 5.91 Å². The van der Waals surface area contributed by atoms with Gasteiger partial charge >= 0.3 is 6.18 Å². The first-order valence-electron chi connectivity index (χ1n) is 10.4. The zero-order chi connectivity index (χ0) is 22.6. The number of benzene rings is 1. The maximum absolute atomic E-state index is 13.0. The Morgan fingerprint density at radius 1 is 1.35 bits per heavy atom. The normalized spacial score (nSPS) is 15.5. The molecule has 1 aliphatic heterocycles. The smallest absolute Gasteiger partial charge is 0.385 e. The summed E-state index contributed by atoms with van der Waals surface area (Å²) >= 11 is 0. The first-order chi connectivity index (χ1) is 14.7. The van der Waals surface area contributed by atoms with Gasteiger partial charge in [-0.25, -0.2) is 0 Å². The van der Waals surface area contributed by atoms with Gasteiger partial charge in [0.1, 0.15) is 0 Å². The number of halogens is 3. The molecule has 31 heavy (non-hydrogen) atoms. The van der Waals surface area contributed by atoms with Crippen LogP contribution in [-0.2, 0) is 37.3 Å². The zero-order valence-electron chi connectivity index (χ0n) is 18.1. The largest absolute Gasteiger partial charge is 0.416 e. The van der Waals surface area contributed by atoms with Crippen LogP contribution in [0.2, 0.25) is 0 Å². The third-order valence-corrected chi connectivity index (χ3v) is 5.71. The summed E-state index contributed by atoms with van der Waals surface area (Å²) in [6.45, 7) is 4.40. The average Bonchev–Trinajstić information content (AvgIpc) is 3.07. The molecule has 0 unspecified atom stereocenters. The van der Waals surface area contributed by atoms with Gasteiger partial charge in [0.15, 0.2) is 5.69 Å². The van der Waals surface area contributed by atoms with Gasteiger partial charge in [-0.2, -0.15) is 18.3 Å². The lowest BCUT2D eigenvalue weighted by molar-refractivity contribution is -0.137. The zero-order valence-corrected chi connectivity index (χ0v) is 18.1. The minimum Gasteiger partial charge on any atom is -0.385 e. The molecule has 170 valence electrons. The Hall–Kier alpha value is -2.39.